The van der Waals surface area contributed by atoms with Gasteiger partial charge in [0, 0.05) is 0 Å². The van der Waals surface area contributed by atoms with Gasteiger partial charge in [0.25, 0.3) is 0 Å². The van der Waals surface area contributed by atoms with Gasteiger partial charge in [-0.05, 0) is 0 Å². The van der Waals surface area contributed by atoms with Crippen molar-refractivity contribution < 1.29 is 31.9 Å². The summed E-state index contributed by atoms with van der Waals surface area (Å²) in [4.78, 5) is 0. The molecule has 1 rings (SSSR count). The van der Waals surface area contributed by atoms with E-state index in [1.165, 1.54) is 0 Å². The molecule has 0 saturated carbocycles. The quantitative estimate of drug-likeness (QED) is 0.433. The second-order valence-corrected chi connectivity index (χ2v) is 1.15. The van der Waals surface area contributed by atoms with E-state index in [9.17, 15) is 0 Å². The Balaban J connectivity index is 0. The second-order valence-electron chi connectivity index (χ2n) is 1.15. The first-order valence-electron chi connectivity index (χ1n) is 2.00. The topological polar surface area (TPSA) is 0 Å². The van der Waals surface area contributed by atoms with Crippen molar-refractivity contribution in [2.45, 2.75) is 0 Å². The second kappa shape index (κ2) is 7.13. The zero-order chi connectivity index (χ0) is 4.24. The van der Waals surface area contributed by atoms with E-state index in [0.29, 0.717) is 0 Å². The van der Waals surface area contributed by atoms with Crippen LogP contribution in [0.15, 0.2) is 36.4 Å². The molecule has 1 aromatic rings. The van der Waals surface area contributed by atoms with Crippen LogP contribution in [-0.2, 0) is 19.5 Å². The molecule has 2 heteroatoms. The van der Waals surface area contributed by atoms with Crippen LogP contribution in [0.4, 0.5) is 0 Å². The maximum atomic E-state index is 2.00. The zero-order valence-electron chi connectivity index (χ0n) is 4.55. The molecule has 0 atom stereocenters. The first-order chi connectivity index (χ1) is 3.00. The van der Waals surface area contributed by atoms with Crippen molar-refractivity contribution in [3.05, 3.63) is 36.4 Å². The Morgan fingerprint density at radius 1 is 0.500 bits per heavy atom. The minimum Gasteiger partial charge on any atom is -1.00 e. The Morgan fingerprint density at radius 2 is 0.625 bits per heavy atom. The Labute approximate surface area is 68.5 Å². The summed E-state index contributed by atoms with van der Waals surface area (Å²) in [6.45, 7) is 0. The summed E-state index contributed by atoms with van der Waals surface area (Å²) < 4.78 is 0. The van der Waals surface area contributed by atoms with E-state index >= 15 is 0 Å². The molecule has 0 aliphatic heterocycles. The Morgan fingerprint density at radius 3 is 0.750 bits per heavy atom. The van der Waals surface area contributed by atoms with Crippen LogP contribution in [0, 0.1) is 0 Å². The van der Waals surface area contributed by atoms with E-state index in [2.05, 4.69) is 0 Å². The number of hydrogen-bond acceptors (Lipinski definition) is 0. The molecule has 0 aromatic heterocycles. The third-order valence-electron chi connectivity index (χ3n) is 0.667. The number of benzene rings is 1. The first kappa shape index (κ1) is 11.0. The molecule has 38 valence electrons. The molecular formula is C6H6ClZn+. The average Bonchev–Trinajstić information content (AvgIpc) is 1.72. The minimum atomic E-state index is 0. The van der Waals surface area contributed by atoms with E-state index < -0.39 is 0 Å². The predicted octanol–water partition coefficient (Wildman–Crippen LogP) is -1.31. The summed E-state index contributed by atoms with van der Waals surface area (Å²) in [5, 5.41) is 0. The van der Waals surface area contributed by atoms with Gasteiger partial charge in [-0.15, -0.1) is 0 Å². The van der Waals surface area contributed by atoms with Crippen LogP contribution in [0.3, 0.4) is 0 Å². The van der Waals surface area contributed by atoms with Gasteiger partial charge < -0.3 is 12.4 Å². The SMILES string of the molecule is [Cl-].[Zn+2].c1ccccc1. The monoisotopic (exact) mass is 177 g/mol. The predicted molar refractivity (Wildman–Crippen MR) is 26.4 cm³/mol. The standard InChI is InChI=1S/C6H6.ClH.Zn/c1-2-4-6-5-3-1;;/h1-6H;1H;/q;;+2/p-1. The molecule has 0 fully saturated rings. The maximum absolute atomic E-state index is 2.00. The van der Waals surface area contributed by atoms with Crippen LogP contribution < -0.4 is 12.4 Å². The Kier molecular flexibility index (Phi) is 9.81. The average molecular weight is 179 g/mol. The summed E-state index contributed by atoms with van der Waals surface area (Å²) in [7, 11) is 0. The van der Waals surface area contributed by atoms with Crippen molar-refractivity contribution in [1.82, 2.24) is 0 Å². The fourth-order valence-electron chi connectivity index (χ4n) is 0.385. The van der Waals surface area contributed by atoms with Gasteiger partial charge in [-0.25, -0.2) is 0 Å². The van der Waals surface area contributed by atoms with Crippen molar-refractivity contribution >= 4 is 0 Å². The van der Waals surface area contributed by atoms with E-state index in [1.807, 2.05) is 36.4 Å². The van der Waals surface area contributed by atoms with Gasteiger partial charge in [0.1, 0.15) is 0 Å². The molecule has 8 heavy (non-hydrogen) atoms. The largest absolute Gasteiger partial charge is 2.00 e. The van der Waals surface area contributed by atoms with Crippen molar-refractivity contribution in [3.63, 3.8) is 0 Å². The molecule has 0 nitrogen and oxygen atoms in total. The summed E-state index contributed by atoms with van der Waals surface area (Å²) >= 11 is 0. The molecule has 0 N–H and O–H groups in total. The molecule has 0 saturated heterocycles. The van der Waals surface area contributed by atoms with Gasteiger partial charge in [-0.1, -0.05) is 36.4 Å². The van der Waals surface area contributed by atoms with Gasteiger partial charge >= 0.3 is 19.5 Å². The third kappa shape index (κ3) is 4.30. The van der Waals surface area contributed by atoms with Crippen molar-refractivity contribution in [1.29, 1.82) is 0 Å². The number of hydrogen-bond donors (Lipinski definition) is 0. The van der Waals surface area contributed by atoms with Gasteiger partial charge in [0.05, 0.1) is 0 Å². The summed E-state index contributed by atoms with van der Waals surface area (Å²) in [5.41, 5.74) is 0. The molecule has 0 radical (unpaired) electrons. The van der Waals surface area contributed by atoms with Gasteiger partial charge in [0.15, 0.2) is 0 Å². The Hall–Kier alpha value is 0.133. The van der Waals surface area contributed by atoms with Crippen LogP contribution in [0.1, 0.15) is 0 Å². The van der Waals surface area contributed by atoms with Crippen LogP contribution in [0.25, 0.3) is 0 Å². The zero-order valence-corrected chi connectivity index (χ0v) is 8.27. The van der Waals surface area contributed by atoms with Crippen molar-refractivity contribution in [2.24, 2.45) is 0 Å². The molecule has 1 aromatic carbocycles. The van der Waals surface area contributed by atoms with Gasteiger partial charge in [-0.3, -0.25) is 0 Å². The van der Waals surface area contributed by atoms with Crippen molar-refractivity contribution in [3.8, 4) is 0 Å². The smallest absolute Gasteiger partial charge is 1.00 e. The fraction of sp³-hybridized carbons (Fsp3) is 0. The summed E-state index contributed by atoms with van der Waals surface area (Å²) in [6.07, 6.45) is 0. The van der Waals surface area contributed by atoms with E-state index in [1.54, 1.807) is 0 Å². The van der Waals surface area contributed by atoms with E-state index in [0.717, 1.165) is 0 Å². The molecule has 0 amide bonds. The van der Waals surface area contributed by atoms with Crippen LogP contribution in [0.2, 0.25) is 0 Å². The minimum absolute atomic E-state index is 0. The number of halogens is 1. The fourth-order valence-corrected chi connectivity index (χ4v) is 0.385. The molecule has 0 aliphatic carbocycles. The molecular weight excluding hydrogens is 173 g/mol. The maximum Gasteiger partial charge on any atom is 2.00 e. The van der Waals surface area contributed by atoms with Crippen LogP contribution >= 0.6 is 0 Å². The molecule has 0 aliphatic rings. The molecule has 0 unspecified atom stereocenters. The van der Waals surface area contributed by atoms with Crippen LogP contribution in [0.5, 0.6) is 0 Å². The summed E-state index contributed by atoms with van der Waals surface area (Å²) in [5.74, 6) is 0. The first-order valence-corrected chi connectivity index (χ1v) is 2.00. The third-order valence-corrected chi connectivity index (χ3v) is 0.667. The van der Waals surface area contributed by atoms with Crippen LogP contribution in [-0.4, -0.2) is 0 Å². The molecule has 0 heterocycles. The molecule has 0 spiro atoms. The number of rotatable bonds is 0. The Bertz CT molecular complexity index is 80.5. The normalized spacial score (nSPS) is 6.00. The van der Waals surface area contributed by atoms with Gasteiger partial charge in [0.2, 0.25) is 0 Å². The van der Waals surface area contributed by atoms with Gasteiger partial charge in [-0.2, -0.15) is 0 Å². The van der Waals surface area contributed by atoms with E-state index in [-0.39, 0.29) is 31.9 Å². The summed E-state index contributed by atoms with van der Waals surface area (Å²) in [6, 6.07) is 12.0. The van der Waals surface area contributed by atoms with E-state index in [4.69, 9.17) is 0 Å². The molecule has 0 bridgehead atoms. The van der Waals surface area contributed by atoms with Crippen molar-refractivity contribution in [2.75, 3.05) is 0 Å².